The van der Waals surface area contributed by atoms with Gasteiger partial charge in [-0.2, -0.15) is 0 Å². The molecular weight excluding hydrogens is 248 g/mol. The molecule has 1 aromatic rings. The number of carbonyl (C=O) groups is 2. The van der Waals surface area contributed by atoms with Crippen molar-refractivity contribution in [3.63, 3.8) is 0 Å². The number of rotatable bonds is 3. The van der Waals surface area contributed by atoms with Gasteiger partial charge in [0.2, 0.25) is 5.91 Å². The summed E-state index contributed by atoms with van der Waals surface area (Å²) in [5.74, 6) is 5.94. The summed E-state index contributed by atoms with van der Waals surface area (Å²) in [6, 6.07) is -0.457. The van der Waals surface area contributed by atoms with Crippen LogP contribution in [-0.4, -0.2) is 39.8 Å². The zero-order valence-corrected chi connectivity index (χ0v) is 10.8. The van der Waals surface area contributed by atoms with E-state index in [2.05, 4.69) is 20.7 Å². The lowest BCUT2D eigenvalue weighted by Crippen LogP contribution is -2.48. The van der Waals surface area contributed by atoms with Crippen molar-refractivity contribution in [2.45, 2.75) is 25.8 Å². The summed E-state index contributed by atoms with van der Waals surface area (Å²) in [5.41, 5.74) is 3.18. The molecule has 1 unspecified atom stereocenters. The molecule has 1 fully saturated rings. The van der Waals surface area contributed by atoms with Crippen LogP contribution in [0, 0.1) is 6.92 Å². The first-order valence-electron chi connectivity index (χ1n) is 5.89. The van der Waals surface area contributed by atoms with E-state index in [4.69, 9.17) is 5.84 Å². The van der Waals surface area contributed by atoms with Crippen molar-refractivity contribution in [1.82, 2.24) is 14.9 Å². The average molecular weight is 264 g/mol. The van der Waals surface area contributed by atoms with Gasteiger partial charge in [0.05, 0.1) is 0 Å². The summed E-state index contributed by atoms with van der Waals surface area (Å²) >= 11 is 0. The van der Waals surface area contributed by atoms with E-state index in [-0.39, 0.29) is 11.8 Å². The fourth-order valence-corrected chi connectivity index (χ4v) is 1.96. The van der Waals surface area contributed by atoms with Crippen LogP contribution in [0.2, 0.25) is 0 Å². The number of carbonyl (C=O) groups excluding carboxylic acids is 2. The molecule has 1 saturated heterocycles. The summed E-state index contributed by atoms with van der Waals surface area (Å²) in [6.07, 6.45) is 2.15. The van der Waals surface area contributed by atoms with E-state index < -0.39 is 6.04 Å². The largest absolute Gasteiger partial charge is 0.358 e. The minimum atomic E-state index is -0.457. The van der Waals surface area contributed by atoms with Gasteiger partial charge in [0.15, 0.2) is 0 Å². The standard InChI is InChI=1S/C11H16N6O2/c1-6-9(13-5-14-10(6)16-12)15-7-3-4-8(18)17(2)11(7)19/h5,7H,3-4,12H2,1-2H3,(H2,13,14,15,16). The smallest absolute Gasteiger partial charge is 0.251 e. The van der Waals surface area contributed by atoms with Crippen LogP contribution in [0.5, 0.6) is 0 Å². The Hall–Kier alpha value is -2.22. The van der Waals surface area contributed by atoms with Gasteiger partial charge in [-0.3, -0.25) is 14.5 Å². The number of nitrogens with two attached hydrogens (primary N) is 1. The number of nitrogen functional groups attached to an aromatic ring is 1. The molecule has 1 aliphatic rings. The SMILES string of the molecule is Cc1c(NN)ncnc1NC1CCC(=O)N(C)C1=O. The van der Waals surface area contributed by atoms with E-state index in [0.717, 1.165) is 10.5 Å². The maximum atomic E-state index is 12.0. The maximum Gasteiger partial charge on any atom is 0.251 e. The third-order valence-electron chi connectivity index (χ3n) is 3.18. The van der Waals surface area contributed by atoms with Crippen LogP contribution < -0.4 is 16.6 Å². The van der Waals surface area contributed by atoms with Crippen molar-refractivity contribution in [2.24, 2.45) is 5.84 Å². The number of likely N-dealkylation sites (tertiary alicyclic amines) is 1. The van der Waals surface area contributed by atoms with Gasteiger partial charge in [0.25, 0.3) is 5.91 Å². The van der Waals surface area contributed by atoms with Gasteiger partial charge in [-0.15, -0.1) is 0 Å². The third-order valence-corrected chi connectivity index (χ3v) is 3.18. The number of nitrogens with zero attached hydrogens (tertiary/aromatic N) is 3. The molecule has 0 radical (unpaired) electrons. The second-order valence-electron chi connectivity index (χ2n) is 4.37. The van der Waals surface area contributed by atoms with Crippen molar-refractivity contribution in [2.75, 3.05) is 17.8 Å². The zero-order valence-electron chi connectivity index (χ0n) is 10.8. The van der Waals surface area contributed by atoms with Gasteiger partial charge in [0, 0.05) is 19.0 Å². The Morgan fingerprint density at radius 3 is 2.74 bits per heavy atom. The molecule has 0 spiro atoms. The molecule has 4 N–H and O–H groups in total. The van der Waals surface area contributed by atoms with Crippen LogP contribution in [0.15, 0.2) is 6.33 Å². The number of anilines is 2. The summed E-state index contributed by atoms with van der Waals surface area (Å²) in [7, 11) is 1.48. The normalized spacial score (nSPS) is 19.5. The summed E-state index contributed by atoms with van der Waals surface area (Å²) in [4.78, 5) is 32.5. The first-order valence-corrected chi connectivity index (χ1v) is 5.89. The van der Waals surface area contributed by atoms with Gasteiger partial charge >= 0.3 is 0 Å². The number of likely N-dealkylation sites (N-methyl/N-ethyl adjacent to an activating group) is 1. The van der Waals surface area contributed by atoms with E-state index in [1.165, 1.54) is 13.4 Å². The van der Waals surface area contributed by atoms with Crippen molar-refractivity contribution < 1.29 is 9.59 Å². The second kappa shape index (κ2) is 5.19. The Balaban J connectivity index is 2.18. The topological polar surface area (TPSA) is 113 Å². The number of nitrogens with one attached hydrogen (secondary N) is 2. The fourth-order valence-electron chi connectivity index (χ4n) is 1.96. The van der Waals surface area contributed by atoms with Crippen molar-refractivity contribution in [3.05, 3.63) is 11.9 Å². The lowest BCUT2D eigenvalue weighted by Gasteiger charge is -2.28. The Morgan fingerprint density at radius 2 is 2.05 bits per heavy atom. The van der Waals surface area contributed by atoms with Crippen molar-refractivity contribution in [1.29, 1.82) is 0 Å². The van der Waals surface area contributed by atoms with Crippen LogP contribution in [0.1, 0.15) is 18.4 Å². The molecular formula is C11H16N6O2. The molecule has 0 bridgehead atoms. The number of aromatic nitrogens is 2. The fraction of sp³-hybridized carbons (Fsp3) is 0.455. The van der Waals surface area contributed by atoms with Crippen LogP contribution in [0.25, 0.3) is 0 Å². The molecule has 1 aliphatic heterocycles. The second-order valence-corrected chi connectivity index (χ2v) is 4.37. The molecule has 1 atom stereocenters. The lowest BCUT2D eigenvalue weighted by atomic mass is 10.0. The molecule has 8 heteroatoms. The molecule has 2 amide bonds. The highest BCUT2D eigenvalue weighted by molar-refractivity contribution is 6.01. The number of hydrogen-bond acceptors (Lipinski definition) is 7. The molecule has 2 heterocycles. The van der Waals surface area contributed by atoms with Crippen LogP contribution in [-0.2, 0) is 9.59 Å². The van der Waals surface area contributed by atoms with Gasteiger partial charge in [-0.1, -0.05) is 0 Å². The first-order chi connectivity index (χ1) is 9.04. The molecule has 1 aromatic heterocycles. The predicted octanol–water partition coefficient (Wildman–Crippen LogP) is -0.370. The summed E-state index contributed by atoms with van der Waals surface area (Å²) in [6.45, 7) is 1.79. The molecule has 102 valence electrons. The summed E-state index contributed by atoms with van der Waals surface area (Å²) < 4.78 is 0. The minimum absolute atomic E-state index is 0.160. The first kappa shape index (κ1) is 13.2. The van der Waals surface area contributed by atoms with Gasteiger partial charge in [-0.05, 0) is 13.3 Å². The minimum Gasteiger partial charge on any atom is -0.358 e. The molecule has 19 heavy (non-hydrogen) atoms. The Morgan fingerprint density at radius 1 is 1.37 bits per heavy atom. The number of imide groups is 1. The molecule has 8 nitrogen and oxygen atoms in total. The lowest BCUT2D eigenvalue weighted by molar-refractivity contribution is -0.146. The predicted molar refractivity (Wildman–Crippen MR) is 69.0 cm³/mol. The maximum absolute atomic E-state index is 12.0. The van der Waals surface area contributed by atoms with Gasteiger partial charge in [0.1, 0.15) is 24.0 Å². The van der Waals surface area contributed by atoms with E-state index in [1.807, 2.05) is 0 Å². The Bertz CT molecular complexity index is 518. The highest BCUT2D eigenvalue weighted by atomic mass is 16.2. The molecule has 0 aliphatic carbocycles. The van der Waals surface area contributed by atoms with Gasteiger partial charge < -0.3 is 10.7 Å². The Labute approximate surface area is 110 Å². The van der Waals surface area contributed by atoms with E-state index in [1.54, 1.807) is 6.92 Å². The quantitative estimate of drug-likeness (QED) is 0.388. The molecule has 2 rings (SSSR count). The van der Waals surface area contributed by atoms with Crippen LogP contribution in [0.4, 0.5) is 11.6 Å². The van der Waals surface area contributed by atoms with E-state index >= 15 is 0 Å². The number of hydrazine groups is 1. The average Bonchev–Trinajstić information content (AvgIpc) is 2.41. The van der Waals surface area contributed by atoms with E-state index in [0.29, 0.717) is 24.5 Å². The van der Waals surface area contributed by atoms with Crippen molar-refractivity contribution >= 4 is 23.5 Å². The summed E-state index contributed by atoms with van der Waals surface area (Å²) in [5, 5.41) is 3.03. The zero-order chi connectivity index (χ0) is 14.0. The highest BCUT2D eigenvalue weighted by Crippen LogP contribution is 2.21. The van der Waals surface area contributed by atoms with Crippen LogP contribution >= 0.6 is 0 Å². The van der Waals surface area contributed by atoms with Gasteiger partial charge in [-0.25, -0.2) is 15.8 Å². The molecule has 0 aromatic carbocycles. The third kappa shape index (κ3) is 2.48. The highest BCUT2D eigenvalue weighted by Gasteiger charge is 2.32. The van der Waals surface area contributed by atoms with Crippen LogP contribution in [0.3, 0.4) is 0 Å². The number of piperidine rings is 1. The Kier molecular flexibility index (Phi) is 3.61. The molecule has 0 saturated carbocycles. The monoisotopic (exact) mass is 264 g/mol. The van der Waals surface area contributed by atoms with Crippen molar-refractivity contribution in [3.8, 4) is 0 Å². The number of hydrogen-bond donors (Lipinski definition) is 3. The number of amides is 2. The van der Waals surface area contributed by atoms with E-state index in [9.17, 15) is 9.59 Å².